The summed E-state index contributed by atoms with van der Waals surface area (Å²) in [7, 11) is 0. The largest absolute Gasteiger partial charge is 0.452 e. The Kier molecular flexibility index (Phi) is 3.92. The van der Waals surface area contributed by atoms with Crippen molar-refractivity contribution in [3.63, 3.8) is 0 Å². The van der Waals surface area contributed by atoms with Gasteiger partial charge >= 0.3 is 12.3 Å². The molecular weight excluding hydrogens is 251 g/mol. The molecule has 1 fully saturated rings. The quantitative estimate of drug-likeness (QED) is 0.733. The van der Waals surface area contributed by atoms with Gasteiger partial charge in [0.1, 0.15) is 11.6 Å². The van der Waals surface area contributed by atoms with E-state index in [9.17, 15) is 22.8 Å². The van der Waals surface area contributed by atoms with E-state index in [2.05, 4.69) is 0 Å². The molecule has 0 aliphatic carbocycles. The SMILES string of the molecule is CC(C)(C)OC(=O)N1CCC[C@@H]1C(=O)C(F)(F)F. The highest BCUT2D eigenvalue weighted by molar-refractivity contribution is 5.92. The predicted octanol–water partition coefficient (Wildman–Crippen LogP) is 2.52. The molecule has 0 radical (unpaired) electrons. The number of ketones is 1. The Labute approximate surface area is 103 Å². The minimum Gasteiger partial charge on any atom is -0.444 e. The number of likely N-dealkylation sites (tertiary alicyclic amines) is 1. The monoisotopic (exact) mass is 267 g/mol. The van der Waals surface area contributed by atoms with Crippen LogP contribution in [0.4, 0.5) is 18.0 Å². The molecule has 18 heavy (non-hydrogen) atoms. The number of amides is 1. The van der Waals surface area contributed by atoms with Crippen molar-refractivity contribution in [3.8, 4) is 0 Å². The number of ether oxygens (including phenoxy) is 1. The Morgan fingerprint density at radius 3 is 2.22 bits per heavy atom. The van der Waals surface area contributed by atoms with E-state index in [1.807, 2.05) is 0 Å². The summed E-state index contributed by atoms with van der Waals surface area (Å²) >= 11 is 0. The summed E-state index contributed by atoms with van der Waals surface area (Å²) in [6.07, 6.45) is -5.40. The maximum atomic E-state index is 12.3. The first-order valence-electron chi connectivity index (χ1n) is 5.63. The van der Waals surface area contributed by atoms with E-state index in [0.717, 1.165) is 4.90 Å². The molecule has 1 saturated heterocycles. The first-order valence-corrected chi connectivity index (χ1v) is 5.63. The highest BCUT2D eigenvalue weighted by Gasteiger charge is 2.48. The van der Waals surface area contributed by atoms with E-state index in [-0.39, 0.29) is 13.0 Å². The Bertz CT molecular complexity index is 346. The minimum absolute atomic E-state index is 0.0254. The van der Waals surface area contributed by atoms with Crippen LogP contribution in [0.2, 0.25) is 0 Å². The normalized spacial score (nSPS) is 21.0. The number of carbonyl (C=O) groups is 2. The average molecular weight is 267 g/mol. The standard InChI is InChI=1S/C11H16F3NO3/c1-10(2,3)18-9(17)15-6-4-5-7(15)8(16)11(12,13)14/h7H,4-6H2,1-3H3/t7-/m1/s1. The van der Waals surface area contributed by atoms with Gasteiger partial charge in [0, 0.05) is 6.54 Å². The van der Waals surface area contributed by atoms with Gasteiger partial charge < -0.3 is 4.74 Å². The maximum Gasteiger partial charge on any atom is 0.452 e. The smallest absolute Gasteiger partial charge is 0.444 e. The van der Waals surface area contributed by atoms with Crippen molar-refractivity contribution in [2.45, 2.75) is 51.4 Å². The second-order valence-electron chi connectivity index (χ2n) is 5.19. The molecule has 1 aliphatic heterocycles. The third-order valence-corrected chi connectivity index (χ3v) is 2.46. The Morgan fingerprint density at radius 1 is 1.22 bits per heavy atom. The Hall–Kier alpha value is -1.27. The molecule has 0 aromatic heterocycles. The van der Waals surface area contributed by atoms with Crippen molar-refractivity contribution >= 4 is 11.9 Å². The van der Waals surface area contributed by atoms with E-state index >= 15 is 0 Å². The lowest BCUT2D eigenvalue weighted by atomic mass is 10.1. The number of nitrogens with zero attached hydrogens (tertiary/aromatic N) is 1. The van der Waals surface area contributed by atoms with Gasteiger partial charge in [0.05, 0.1) is 0 Å². The van der Waals surface area contributed by atoms with Gasteiger partial charge in [0.15, 0.2) is 0 Å². The fraction of sp³-hybridized carbons (Fsp3) is 0.818. The molecule has 1 heterocycles. The average Bonchev–Trinajstić information content (AvgIpc) is 2.60. The molecule has 4 nitrogen and oxygen atoms in total. The van der Waals surface area contributed by atoms with E-state index in [1.165, 1.54) is 0 Å². The van der Waals surface area contributed by atoms with E-state index < -0.39 is 29.7 Å². The zero-order valence-electron chi connectivity index (χ0n) is 10.5. The Morgan fingerprint density at radius 2 is 1.78 bits per heavy atom. The molecule has 1 atom stereocenters. The molecule has 7 heteroatoms. The first-order chi connectivity index (χ1) is 8.02. The summed E-state index contributed by atoms with van der Waals surface area (Å²) in [4.78, 5) is 23.7. The number of hydrogen-bond donors (Lipinski definition) is 0. The van der Waals surface area contributed by atoms with Crippen molar-refractivity contribution in [1.82, 2.24) is 4.90 Å². The van der Waals surface area contributed by atoms with Crippen LogP contribution in [-0.2, 0) is 9.53 Å². The minimum atomic E-state index is -4.92. The van der Waals surface area contributed by atoms with Crippen LogP contribution in [0.3, 0.4) is 0 Å². The fourth-order valence-corrected chi connectivity index (χ4v) is 1.77. The predicted molar refractivity (Wildman–Crippen MR) is 57.0 cm³/mol. The van der Waals surface area contributed by atoms with Crippen molar-refractivity contribution in [2.75, 3.05) is 6.54 Å². The Balaban J connectivity index is 2.77. The highest BCUT2D eigenvalue weighted by atomic mass is 19.4. The summed E-state index contributed by atoms with van der Waals surface area (Å²) in [6.45, 7) is 4.95. The van der Waals surface area contributed by atoms with Crippen LogP contribution in [0.1, 0.15) is 33.6 Å². The number of halogens is 3. The molecule has 1 aliphatic rings. The summed E-state index contributed by atoms with van der Waals surface area (Å²) < 4.78 is 42.0. The molecule has 104 valence electrons. The second kappa shape index (κ2) is 4.78. The molecule has 0 N–H and O–H groups in total. The van der Waals surface area contributed by atoms with Crippen LogP contribution in [0.5, 0.6) is 0 Å². The maximum absolute atomic E-state index is 12.3. The van der Waals surface area contributed by atoms with Gasteiger partial charge in [0.25, 0.3) is 5.78 Å². The zero-order chi connectivity index (χ0) is 14.1. The molecule has 1 rings (SSSR count). The van der Waals surface area contributed by atoms with Crippen LogP contribution in [0, 0.1) is 0 Å². The van der Waals surface area contributed by atoms with Gasteiger partial charge in [-0.05, 0) is 33.6 Å². The number of carbonyl (C=O) groups excluding carboxylic acids is 2. The number of rotatable bonds is 1. The van der Waals surface area contributed by atoms with Crippen LogP contribution >= 0.6 is 0 Å². The summed E-state index contributed by atoms with van der Waals surface area (Å²) in [5, 5.41) is 0. The summed E-state index contributed by atoms with van der Waals surface area (Å²) in [5.41, 5.74) is -0.800. The van der Waals surface area contributed by atoms with E-state index in [0.29, 0.717) is 6.42 Å². The van der Waals surface area contributed by atoms with Gasteiger partial charge in [-0.2, -0.15) is 13.2 Å². The van der Waals surface area contributed by atoms with Gasteiger partial charge in [-0.3, -0.25) is 9.69 Å². The summed E-state index contributed by atoms with van der Waals surface area (Å²) in [6, 6.07) is -1.44. The third kappa shape index (κ3) is 3.61. The number of Topliss-reactive ketones (excluding diaryl/α,β-unsaturated/α-hetero) is 1. The zero-order valence-corrected chi connectivity index (χ0v) is 10.5. The molecule has 0 bridgehead atoms. The van der Waals surface area contributed by atoms with Crippen LogP contribution in [0.15, 0.2) is 0 Å². The van der Waals surface area contributed by atoms with Gasteiger partial charge in [-0.25, -0.2) is 4.79 Å². The van der Waals surface area contributed by atoms with Crippen molar-refractivity contribution < 1.29 is 27.5 Å². The molecule has 0 unspecified atom stereocenters. The van der Waals surface area contributed by atoms with E-state index in [4.69, 9.17) is 4.74 Å². The second-order valence-corrected chi connectivity index (χ2v) is 5.19. The molecule has 0 aromatic rings. The molecular formula is C11H16F3NO3. The van der Waals surface area contributed by atoms with Gasteiger partial charge in [-0.15, -0.1) is 0 Å². The van der Waals surface area contributed by atoms with Crippen molar-refractivity contribution in [2.24, 2.45) is 0 Å². The first kappa shape index (κ1) is 14.8. The van der Waals surface area contributed by atoms with Gasteiger partial charge in [-0.1, -0.05) is 0 Å². The number of hydrogen-bond acceptors (Lipinski definition) is 3. The van der Waals surface area contributed by atoms with Crippen LogP contribution in [0.25, 0.3) is 0 Å². The van der Waals surface area contributed by atoms with Crippen LogP contribution in [-0.4, -0.2) is 41.1 Å². The molecule has 0 saturated carbocycles. The topological polar surface area (TPSA) is 46.6 Å². The lowest BCUT2D eigenvalue weighted by Gasteiger charge is -2.28. The molecule has 1 amide bonds. The van der Waals surface area contributed by atoms with Crippen LogP contribution < -0.4 is 0 Å². The summed E-state index contributed by atoms with van der Waals surface area (Å²) in [5.74, 6) is -1.88. The van der Waals surface area contributed by atoms with Gasteiger partial charge in [0.2, 0.25) is 0 Å². The van der Waals surface area contributed by atoms with E-state index in [1.54, 1.807) is 20.8 Å². The van der Waals surface area contributed by atoms with Crippen molar-refractivity contribution in [1.29, 1.82) is 0 Å². The molecule has 0 aromatic carbocycles. The highest BCUT2D eigenvalue weighted by Crippen LogP contribution is 2.28. The third-order valence-electron chi connectivity index (χ3n) is 2.46. The van der Waals surface area contributed by atoms with Crippen molar-refractivity contribution in [3.05, 3.63) is 0 Å². The lowest BCUT2D eigenvalue weighted by molar-refractivity contribution is -0.175. The molecule has 0 spiro atoms. The lowest BCUT2D eigenvalue weighted by Crippen LogP contribution is -2.47. The fourth-order valence-electron chi connectivity index (χ4n) is 1.77. The number of alkyl halides is 3.